The second-order valence-electron chi connectivity index (χ2n) is 5.62. The van der Waals surface area contributed by atoms with Gasteiger partial charge in [0.2, 0.25) is 5.91 Å². The lowest BCUT2D eigenvalue weighted by atomic mass is 9.90. The molecule has 3 N–H and O–H groups in total. The number of fused-ring (bicyclic) bond motifs is 1. The summed E-state index contributed by atoms with van der Waals surface area (Å²) in [5.74, 6) is -0.0244. The van der Waals surface area contributed by atoms with Crippen LogP contribution in [0.2, 0.25) is 0 Å². The summed E-state index contributed by atoms with van der Waals surface area (Å²) in [5.41, 5.74) is 11.0. The highest BCUT2D eigenvalue weighted by atomic mass is 16.1. The third-order valence-electron chi connectivity index (χ3n) is 4.01. The van der Waals surface area contributed by atoms with E-state index in [9.17, 15) is 4.79 Å². The van der Waals surface area contributed by atoms with Gasteiger partial charge in [-0.1, -0.05) is 30.3 Å². The number of nitrogens with one attached hydrogen (secondary N) is 1. The molecule has 0 saturated carbocycles. The number of carbonyl (C=O) groups is 1. The van der Waals surface area contributed by atoms with Crippen LogP contribution in [-0.4, -0.2) is 5.91 Å². The predicted octanol–water partition coefficient (Wildman–Crippen LogP) is 3.33. The largest absolute Gasteiger partial charge is 0.397 e. The lowest BCUT2D eigenvalue weighted by Crippen LogP contribution is -2.16. The standard InChI is InChI=1S/C18H20N2O/c19-16-7-3-4-8-17(16)20-18(21)12-13-9-10-14-5-1-2-6-15(14)11-13/h3-4,7-11H,1-2,5-6,12,19H2,(H,20,21). The third kappa shape index (κ3) is 3.24. The molecule has 21 heavy (non-hydrogen) atoms. The summed E-state index contributed by atoms with van der Waals surface area (Å²) < 4.78 is 0. The molecule has 108 valence electrons. The maximum atomic E-state index is 12.1. The highest BCUT2D eigenvalue weighted by molar-refractivity contribution is 5.95. The van der Waals surface area contributed by atoms with Crippen LogP contribution in [0.3, 0.4) is 0 Å². The number of benzene rings is 2. The zero-order valence-corrected chi connectivity index (χ0v) is 12.1. The first-order valence-corrected chi connectivity index (χ1v) is 7.47. The van der Waals surface area contributed by atoms with Crippen LogP contribution in [0.1, 0.15) is 29.5 Å². The number of rotatable bonds is 3. The summed E-state index contributed by atoms with van der Waals surface area (Å²) in [5, 5.41) is 2.87. The number of amides is 1. The van der Waals surface area contributed by atoms with Gasteiger partial charge in [-0.2, -0.15) is 0 Å². The molecule has 2 aromatic carbocycles. The number of nitrogen functional groups attached to an aromatic ring is 1. The van der Waals surface area contributed by atoms with Crippen LogP contribution >= 0.6 is 0 Å². The van der Waals surface area contributed by atoms with Gasteiger partial charge in [-0.25, -0.2) is 0 Å². The molecule has 1 amide bonds. The van der Waals surface area contributed by atoms with Gasteiger partial charge in [0.15, 0.2) is 0 Å². The SMILES string of the molecule is Nc1ccccc1NC(=O)Cc1ccc2c(c1)CCCC2. The van der Waals surface area contributed by atoms with Crippen LogP contribution in [0.15, 0.2) is 42.5 Å². The molecule has 1 aliphatic rings. The molecule has 0 radical (unpaired) electrons. The van der Waals surface area contributed by atoms with Gasteiger partial charge in [-0.15, -0.1) is 0 Å². The second-order valence-corrected chi connectivity index (χ2v) is 5.62. The van der Waals surface area contributed by atoms with Crippen molar-refractivity contribution in [1.29, 1.82) is 0 Å². The summed E-state index contributed by atoms with van der Waals surface area (Å²) in [4.78, 5) is 12.1. The van der Waals surface area contributed by atoms with Crippen molar-refractivity contribution >= 4 is 17.3 Å². The molecular weight excluding hydrogens is 260 g/mol. The molecule has 0 atom stereocenters. The Labute approximate surface area is 125 Å². The van der Waals surface area contributed by atoms with Crippen molar-refractivity contribution in [2.45, 2.75) is 32.1 Å². The first kappa shape index (κ1) is 13.7. The minimum absolute atomic E-state index is 0.0244. The number of aryl methyl sites for hydroxylation is 2. The monoisotopic (exact) mass is 280 g/mol. The lowest BCUT2D eigenvalue weighted by Gasteiger charge is -2.16. The van der Waals surface area contributed by atoms with E-state index in [1.165, 1.54) is 30.4 Å². The first-order valence-electron chi connectivity index (χ1n) is 7.47. The molecule has 3 rings (SSSR count). The Kier molecular flexibility index (Phi) is 3.91. The summed E-state index contributed by atoms with van der Waals surface area (Å²) in [6, 6.07) is 13.8. The van der Waals surface area contributed by atoms with Crippen molar-refractivity contribution in [3.05, 3.63) is 59.2 Å². The summed E-state index contributed by atoms with van der Waals surface area (Å²) in [6.45, 7) is 0. The highest BCUT2D eigenvalue weighted by Gasteiger charge is 2.11. The molecule has 3 heteroatoms. The number of para-hydroxylation sites is 2. The summed E-state index contributed by atoms with van der Waals surface area (Å²) in [6.07, 6.45) is 5.23. The Morgan fingerprint density at radius 1 is 1.05 bits per heavy atom. The Balaban J connectivity index is 1.69. The van der Waals surface area contributed by atoms with Gasteiger partial charge >= 0.3 is 0 Å². The third-order valence-corrected chi connectivity index (χ3v) is 4.01. The van der Waals surface area contributed by atoms with Crippen molar-refractivity contribution in [3.63, 3.8) is 0 Å². The van der Waals surface area contributed by atoms with Gasteiger partial charge in [0.25, 0.3) is 0 Å². The fraction of sp³-hybridized carbons (Fsp3) is 0.278. The molecule has 0 saturated heterocycles. The zero-order valence-electron chi connectivity index (χ0n) is 12.1. The van der Waals surface area contributed by atoms with Crippen molar-refractivity contribution in [2.75, 3.05) is 11.1 Å². The van der Waals surface area contributed by atoms with E-state index in [4.69, 9.17) is 5.73 Å². The maximum Gasteiger partial charge on any atom is 0.228 e. The van der Waals surface area contributed by atoms with Gasteiger partial charge in [0.1, 0.15) is 0 Å². The number of nitrogens with two attached hydrogens (primary N) is 1. The Bertz CT molecular complexity index is 664. The molecule has 3 nitrogen and oxygen atoms in total. The van der Waals surface area contributed by atoms with Crippen molar-refractivity contribution in [1.82, 2.24) is 0 Å². The Hall–Kier alpha value is -2.29. The van der Waals surface area contributed by atoms with E-state index in [0.29, 0.717) is 17.8 Å². The van der Waals surface area contributed by atoms with E-state index in [0.717, 1.165) is 12.0 Å². The van der Waals surface area contributed by atoms with Crippen molar-refractivity contribution < 1.29 is 4.79 Å². The second kappa shape index (κ2) is 6.00. The van der Waals surface area contributed by atoms with E-state index in [1.807, 2.05) is 18.2 Å². The molecule has 0 bridgehead atoms. The Morgan fingerprint density at radius 2 is 1.81 bits per heavy atom. The quantitative estimate of drug-likeness (QED) is 0.847. The molecular formula is C18H20N2O. The topological polar surface area (TPSA) is 55.1 Å². The molecule has 0 fully saturated rings. The summed E-state index contributed by atoms with van der Waals surface area (Å²) in [7, 11) is 0. The van der Waals surface area contributed by atoms with Crippen molar-refractivity contribution in [3.8, 4) is 0 Å². The molecule has 0 spiro atoms. The van der Waals surface area contributed by atoms with E-state index >= 15 is 0 Å². The minimum atomic E-state index is -0.0244. The van der Waals surface area contributed by atoms with Crippen LogP contribution in [-0.2, 0) is 24.1 Å². The molecule has 1 aliphatic carbocycles. The molecule has 0 unspecified atom stereocenters. The van der Waals surface area contributed by atoms with Crippen LogP contribution in [0.5, 0.6) is 0 Å². The van der Waals surface area contributed by atoms with Gasteiger partial charge in [-0.3, -0.25) is 4.79 Å². The number of carbonyl (C=O) groups excluding carboxylic acids is 1. The molecule has 0 heterocycles. The Morgan fingerprint density at radius 3 is 2.62 bits per heavy atom. The van der Waals surface area contributed by atoms with Crippen LogP contribution < -0.4 is 11.1 Å². The van der Waals surface area contributed by atoms with E-state index in [-0.39, 0.29) is 5.91 Å². The summed E-state index contributed by atoms with van der Waals surface area (Å²) >= 11 is 0. The van der Waals surface area contributed by atoms with Crippen LogP contribution in [0.4, 0.5) is 11.4 Å². The van der Waals surface area contributed by atoms with Gasteiger partial charge < -0.3 is 11.1 Å². The lowest BCUT2D eigenvalue weighted by molar-refractivity contribution is -0.115. The molecule has 2 aromatic rings. The number of hydrogen-bond acceptors (Lipinski definition) is 2. The number of hydrogen-bond donors (Lipinski definition) is 2. The average molecular weight is 280 g/mol. The zero-order chi connectivity index (χ0) is 14.7. The predicted molar refractivity (Wildman–Crippen MR) is 86.3 cm³/mol. The smallest absolute Gasteiger partial charge is 0.228 e. The van der Waals surface area contributed by atoms with Crippen molar-refractivity contribution in [2.24, 2.45) is 0 Å². The normalized spacial score (nSPS) is 13.5. The van der Waals surface area contributed by atoms with E-state index in [2.05, 4.69) is 23.5 Å². The molecule has 0 aromatic heterocycles. The molecule has 0 aliphatic heterocycles. The first-order chi connectivity index (χ1) is 10.2. The van der Waals surface area contributed by atoms with Crippen LogP contribution in [0.25, 0.3) is 0 Å². The van der Waals surface area contributed by atoms with Crippen LogP contribution in [0, 0.1) is 0 Å². The fourth-order valence-corrected chi connectivity index (χ4v) is 2.89. The highest BCUT2D eigenvalue weighted by Crippen LogP contribution is 2.23. The van der Waals surface area contributed by atoms with Gasteiger partial charge in [-0.05, 0) is 54.5 Å². The average Bonchev–Trinajstić information content (AvgIpc) is 2.49. The number of anilines is 2. The fourth-order valence-electron chi connectivity index (χ4n) is 2.89. The van der Waals surface area contributed by atoms with E-state index < -0.39 is 0 Å². The van der Waals surface area contributed by atoms with Gasteiger partial charge in [0.05, 0.1) is 17.8 Å². The van der Waals surface area contributed by atoms with Gasteiger partial charge in [0, 0.05) is 0 Å². The minimum Gasteiger partial charge on any atom is -0.397 e. The maximum absolute atomic E-state index is 12.1. The van der Waals surface area contributed by atoms with E-state index in [1.54, 1.807) is 6.07 Å².